The molecule has 2 aliphatic heterocycles. The molecule has 5 rings (SSSR count). The van der Waals surface area contributed by atoms with Gasteiger partial charge < -0.3 is 10.0 Å². The number of hydrogen-bond donors (Lipinski definition) is 1. The van der Waals surface area contributed by atoms with Gasteiger partial charge in [-0.25, -0.2) is 8.70 Å². The smallest absolute Gasteiger partial charge is 0.306 e. The molecule has 4 heterocycles. The van der Waals surface area contributed by atoms with Crippen molar-refractivity contribution < 1.29 is 27.5 Å². The second-order valence-electron chi connectivity index (χ2n) is 10.0. The van der Waals surface area contributed by atoms with Crippen molar-refractivity contribution in [3.8, 4) is 0 Å². The molecule has 1 N–H and O–H groups in total. The van der Waals surface area contributed by atoms with Gasteiger partial charge >= 0.3 is 10.2 Å². The molecule has 11 nitrogen and oxygen atoms in total. The minimum Gasteiger partial charge on any atom is -0.392 e. The highest BCUT2D eigenvalue weighted by molar-refractivity contribution is 7.87. The van der Waals surface area contributed by atoms with Gasteiger partial charge in [0.05, 0.1) is 11.7 Å². The maximum absolute atomic E-state index is 13.4. The van der Waals surface area contributed by atoms with Crippen molar-refractivity contribution in [1.29, 1.82) is 0 Å². The first kappa shape index (κ1) is 27.4. The summed E-state index contributed by atoms with van der Waals surface area (Å²) in [7, 11) is -2.40. The summed E-state index contributed by atoms with van der Waals surface area (Å²) in [5.41, 5.74) is 1.22. The summed E-state index contributed by atoms with van der Waals surface area (Å²) < 4.78 is 43.1. The number of amides is 1. The van der Waals surface area contributed by atoms with Crippen LogP contribution in [0.15, 0.2) is 41.1 Å². The number of β-amino-alcohol motifs (C(OH)–C–C–N with tert-alkyl or cyclic N) is 1. The van der Waals surface area contributed by atoms with Crippen LogP contribution in [0.25, 0.3) is 0 Å². The zero-order chi connectivity index (χ0) is 27.9. The number of anilines is 1. The van der Waals surface area contributed by atoms with Gasteiger partial charge in [-0.2, -0.15) is 33.7 Å². The van der Waals surface area contributed by atoms with E-state index in [1.165, 1.54) is 28.2 Å². The number of benzene rings is 1. The van der Waals surface area contributed by atoms with E-state index in [1.807, 2.05) is 6.92 Å². The highest BCUT2D eigenvalue weighted by Crippen LogP contribution is 2.35. The SMILES string of the molecule is CC1CC(=O)N(S(=O)(=O)N2CCC(O)C2)CC1c1nc(N(C)Cc2ccc(F)cc2)n(C(=O)c2ccsc2)n1. The molecule has 1 amide bonds. The van der Waals surface area contributed by atoms with E-state index in [0.717, 1.165) is 14.2 Å². The van der Waals surface area contributed by atoms with E-state index in [4.69, 9.17) is 0 Å². The van der Waals surface area contributed by atoms with E-state index in [-0.39, 0.29) is 49.6 Å². The molecule has 3 atom stereocenters. The van der Waals surface area contributed by atoms with E-state index in [1.54, 1.807) is 40.9 Å². The summed E-state index contributed by atoms with van der Waals surface area (Å²) in [6.45, 7) is 2.04. The fourth-order valence-electron chi connectivity index (χ4n) is 4.90. The number of carbonyl (C=O) groups is 2. The molecule has 3 unspecified atom stereocenters. The lowest BCUT2D eigenvalue weighted by Crippen LogP contribution is -2.51. The van der Waals surface area contributed by atoms with Crippen molar-refractivity contribution >= 4 is 39.3 Å². The first-order chi connectivity index (χ1) is 18.5. The predicted molar refractivity (Wildman–Crippen MR) is 142 cm³/mol. The Morgan fingerprint density at radius 3 is 2.62 bits per heavy atom. The van der Waals surface area contributed by atoms with Crippen LogP contribution in [0.3, 0.4) is 0 Å². The lowest BCUT2D eigenvalue weighted by molar-refractivity contribution is -0.130. The Labute approximate surface area is 229 Å². The van der Waals surface area contributed by atoms with E-state index in [9.17, 15) is 27.5 Å². The highest BCUT2D eigenvalue weighted by atomic mass is 32.2. The van der Waals surface area contributed by atoms with Crippen molar-refractivity contribution in [3.63, 3.8) is 0 Å². The van der Waals surface area contributed by atoms with Gasteiger partial charge in [-0.05, 0) is 41.5 Å². The molecular formula is C25H29FN6O5S2. The van der Waals surface area contributed by atoms with Crippen LogP contribution in [-0.4, -0.2) is 81.5 Å². The van der Waals surface area contributed by atoms with Crippen LogP contribution in [-0.2, 0) is 21.5 Å². The minimum atomic E-state index is -4.14. The van der Waals surface area contributed by atoms with Crippen LogP contribution in [0.2, 0.25) is 0 Å². The Kier molecular flexibility index (Phi) is 7.55. The normalized spacial score (nSPS) is 22.4. The lowest BCUT2D eigenvalue weighted by atomic mass is 9.87. The summed E-state index contributed by atoms with van der Waals surface area (Å²) in [6.07, 6.45) is -0.496. The maximum atomic E-state index is 13.4. The standard InChI is InChI=1S/C25H29FN6O5S2/c1-16-11-22(34)31(39(36,37)30-9-7-20(33)13-30)14-21(16)23-27-25(29(2)12-17-3-5-19(26)6-4-17)32(28-23)24(35)18-8-10-38-15-18/h3-6,8,10,15-16,20-21,33H,7,9,11-14H2,1-2H3. The Morgan fingerprint density at radius 2 is 1.97 bits per heavy atom. The lowest BCUT2D eigenvalue weighted by Gasteiger charge is -2.36. The molecule has 0 aliphatic carbocycles. The Bertz CT molecular complexity index is 1460. The topological polar surface area (TPSA) is 129 Å². The third-order valence-electron chi connectivity index (χ3n) is 7.13. The van der Waals surface area contributed by atoms with E-state index < -0.39 is 34.0 Å². The van der Waals surface area contributed by atoms with Crippen LogP contribution in [0.5, 0.6) is 0 Å². The summed E-state index contributed by atoms with van der Waals surface area (Å²) >= 11 is 1.37. The molecule has 14 heteroatoms. The first-order valence-electron chi connectivity index (χ1n) is 12.5. The third-order valence-corrected chi connectivity index (χ3v) is 9.71. The average Bonchev–Trinajstić information content (AvgIpc) is 3.66. The number of thiophene rings is 1. The van der Waals surface area contributed by atoms with E-state index in [0.29, 0.717) is 18.5 Å². The highest BCUT2D eigenvalue weighted by Gasteiger charge is 2.44. The number of hydrogen-bond acceptors (Lipinski definition) is 9. The van der Waals surface area contributed by atoms with E-state index >= 15 is 0 Å². The van der Waals surface area contributed by atoms with Gasteiger partial charge in [0.2, 0.25) is 11.9 Å². The van der Waals surface area contributed by atoms with Crippen molar-refractivity contribution in [2.75, 3.05) is 31.6 Å². The van der Waals surface area contributed by atoms with Gasteiger partial charge in [0.25, 0.3) is 5.91 Å². The first-order valence-corrected chi connectivity index (χ1v) is 14.9. The van der Waals surface area contributed by atoms with Crippen LogP contribution in [0.4, 0.5) is 10.3 Å². The number of carbonyl (C=O) groups excluding carboxylic acids is 2. The fraction of sp³-hybridized carbons (Fsp3) is 0.440. The molecule has 3 aromatic rings. The number of aliphatic hydroxyl groups is 1. The number of piperidine rings is 1. The summed E-state index contributed by atoms with van der Waals surface area (Å²) in [5.74, 6) is -1.63. The van der Waals surface area contributed by atoms with Crippen LogP contribution in [0.1, 0.15) is 47.4 Å². The molecule has 2 aliphatic rings. The Hall–Kier alpha value is -3.20. The zero-order valence-corrected chi connectivity index (χ0v) is 23.1. The second-order valence-corrected chi connectivity index (χ2v) is 12.6. The van der Waals surface area contributed by atoms with Gasteiger partial charge in [-0.3, -0.25) is 9.59 Å². The number of aromatic nitrogens is 3. The zero-order valence-electron chi connectivity index (χ0n) is 21.5. The molecule has 0 bridgehead atoms. The van der Waals surface area contributed by atoms with Gasteiger partial charge in [0.15, 0.2) is 5.82 Å². The van der Waals surface area contributed by atoms with Gasteiger partial charge in [0, 0.05) is 50.9 Å². The Balaban J connectivity index is 1.48. The fourth-order valence-corrected chi connectivity index (χ4v) is 7.19. The van der Waals surface area contributed by atoms with Gasteiger partial charge in [0.1, 0.15) is 5.82 Å². The number of aliphatic hydroxyl groups excluding tert-OH is 1. The van der Waals surface area contributed by atoms with Crippen molar-refractivity contribution in [2.24, 2.45) is 5.92 Å². The molecule has 2 saturated heterocycles. The second kappa shape index (κ2) is 10.8. The number of rotatable bonds is 7. The average molecular weight is 577 g/mol. The largest absolute Gasteiger partial charge is 0.392 e. The van der Waals surface area contributed by atoms with Crippen molar-refractivity contribution in [1.82, 2.24) is 23.4 Å². The molecule has 2 aromatic heterocycles. The molecule has 0 spiro atoms. The molecule has 39 heavy (non-hydrogen) atoms. The number of halogens is 1. The summed E-state index contributed by atoms with van der Waals surface area (Å²) in [5, 5.41) is 17.9. The maximum Gasteiger partial charge on any atom is 0.306 e. The molecular weight excluding hydrogens is 547 g/mol. The molecule has 2 fully saturated rings. The van der Waals surface area contributed by atoms with Gasteiger partial charge in [-0.15, -0.1) is 5.10 Å². The molecule has 0 saturated carbocycles. The van der Waals surface area contributed by atoms with Crippen molar-refractivity contribution in [3.05, 3.63) is 63.9 Å². The monoisotopic (exact) mass is 576 g/mol. The number of nitrogens with zero attached hydrogens (tertiary/aromatic N) is 6. The Morgan fingerprint density at radius 1 is 1.23 bits per heavy atom. The van der Waals surface area contributed by atoms with Crippen molar-refractivity contribution in [2.45, 2.75) is 38.3 Å². The molecule has 208 valence electrons. The minimum absolute atomic E-state index is 0.0337. The molecule has 0 radical (unpaired) electrons. The van der Waals surface area contributed by atoms with Crippen LogP contribution < -0.4 is 4.90 Å². The van der Waals surface area contributed by atoms with E-state index in [2.05, 4.69) is 10.1 Å². The van der Waals surface area contributed by atoms with Crippen LogP contribution in [0, 0.1) is 11.7 Å². The summed E-state index contributed by atoms with van der Waals surface area (Å²) in [4.78, 5) is 32.6. The third kappa shape index (κ3) is 5.46. The summed E-state index contributed by atoms with van der Waals surface area (Å²) in [6, 6.07) is 7.66. The quantitative estimate of drug-likeness (QED) is 0.453. The molecule has 1 aromatic carbocycles. The van der Waals surface area contributed by atoms with Crippen LogP contribution >= 0.6 is 11.3 Å². The van der Waals surface area contributed by atoms with Gasteiger partial charge in [-0.1, -0.05) is 19.1 Å². The predicted octanol–water partition coefficient (Wildman–Crippen LogP) is 2.07.